The second-order valence-corrected chi connectivity index (χ2v) is 22.4. The molecular formula is C41H80O7S. The Hall–Kier alpha value is -1.15. The third kappa shape index (κ3) is 24.6. The van der Waals surface area contributed by atoms with Gasteiger partial charge in [0.2, 0.25) is 0 Å². The molecule has 0 saturated heterocycles. The molecule has 292 valence electrons. The van der Waals surface area contributed by atoms with Gasteiger partial charge in [-0.2, -0.15) is 8.42 Å². The molecule has 0 rings (SSSR count). The summed E-state index contributed by atoms with van der Waals surface area (Å²) in [5.41, 5.74) is 0.693. The Morgan fingerprint density at radius 1 is 0.551 bits per heavy atom. The standard InChI is InChI=1S/C41H80O7S/c1-29(23-38(5,6)7)17-19-33(31(3)25-40(11,12)13)27-47-36(42)22-21-35(49(44,45)46)37(43)48-28-34(32(4)26-41(14,15)16)20-18-30(2)24-39(8,9)10/h29-35H,17-28H2,1-16H3,(H,44,45,46). The molecule has 0 radical (unpaired) electrons. The third-order valence-corrected chi connectivity index (χ3v) is 10.7. The van der Waals surface area contributed by atoms with Crippen LogP contribution in [-0.2, 0) is 29.2 Å². The van der Waals surface area contributed by atoms with Gasteiger partial charge >= 0.3 is 11.9 Å². The molecule has 0 aromatic carbocycles. The van der Waals surface area contributed by atoms with E-state index >= 15 is 0 Å². The molecule has 0 aromatic heterocycles. The fourth-order valence-corrected chi connectivity index (χ4v) is 8.54. The number of ether oxygens (including phenoxy) is 2. The van der Waals surface area contributed by atoms with Gasteiger partial charge in [-0.1, -0.05) is 124 Å². The summed E-state index contributed by atoms with van der Waals surface area (Å²) < 4.78 is 46.0. The van der Waals surface area contributed by atoms with Gasteiger partial charge in [-0.25, -0.2) is 0 Å². The van der Waals surface area contributed by atoms with Crippen molar-refractivity contribution in [3.63, 3.8) is 0 Å². The van der Waals surface area contributed by atoms with Crippen LogP contribution in [0.3, 0.4) is 0 Å². The van der Waals surface area contributed by atoms with Crippen molar-refractivity contribution in [3.8, 4) is 0 Å². The molecule has 0 fully saturated rings. The summed E-state index contributed by atoms with van der Waals surface area (Å²) in [6.45, 7) is 35.9. The minimum absolute atomic E-state index is 0.0516. The maximum Gasteiger partial charge on any atom is 0.326 e. The Kier molecular flexibility index (Phi) is 19.7. The molecule has 0 aromatic rings. The van der Waals surface area contributed by atoms with Crippen LogP contribution in [0, 0.1) is 57.2 Å². The normalized spacial score (nSPS) is 17.8. The van der Waals surface area contributed by atoms with Crippen LogP contribution < -0.4 is 0 Å². The lowest BCUT2D eigenvalue weighted by atomic mass is 9.76. The van der Waals surface area contributed by atoms with Crippen molar-refractivity contribution >= 4 is 22.1 Å². The second-order valence-electron chi connectivity index (χ2n) is 20.8. The van der Waals surface area contributed by atoms with Gasteiger partial charge in [-0.05, 0) is 102 Å². The van der Waals surface area contributed by atoms with Crippen molar-refractivity contribution < 1.29 is 32.0 Å². The molecule has 0 aliphatic rings. The maximum absolute atomic E-state index is 13.2. The molecule has 0 amide bonds. The average Bonchev–Trinajstić information content (AvgIpc) is 2.83. The van der Waals surface area contributed by atoms with Crippen molar-refractivity contribution in [2.24, 2.45) is 57.2 Å². The minimum Gasteiger partial charge on any atom is -0.465 e. The Morgan fingerprint density at radius 3 is 1.22 bits per heavy atom. The second kappa shape index (κ2) is 20.2. The van der Waals surface area contributed by atoms with E-state index in [9.17, 15) is 22.6 Å². The highest BCUT2D eigenvalue weighted by Crippen LogP contribution is 2.35. The largest absolute Gasteiger partial charge is 0.465 e. The lowest BCUT2D eigenvalue weighted by Gasteiger charge is -2.31. The summed E-state index contributed by atoms with van der Waals surface area (Å²) in [6.07, 6.45) is 7.25. The number of rotatable bonds is 21. The molecule has 8 heteroatoms. The van der Waals surface area contributed by atoms with Crippen molar-refractivity contribution in [2.75, 3.05) is 13.2 Å². The summed E-state index contributed by atoms with van der Waals surface area (Å²) >= 11 is 0. The predicted molar refractivity (Wildman–Crippen MR) is 205 cm³/mol. The number of hydrogen-bond donors (Lipinski definition) is 1. The zero-order valence-corrected chi connectivity index (χ0v) is 35.6. The molecule has 0 bridgehead atoms. The van der Waals surface area contributed by atoms with Gasteiger partial charge in [0, 0.05) is 6.42 Å². The van der Waals surface area contributed by atoms with Crippen LogP contribution in [0.4, 0.5) is 0 Å². The van der Waals surface area contributed by atoms with Crippen LogP contribution in [0.15, 0.2) is 0 Å². The predicted octanol–water partition coefficient (Wildman–Crippen LogP) is 11.2. The highest BCUT2D eigenvalue weighted by molar-refractivity contribution is 7.87. The SMILES string of the molecule is CC(CCC(COC(=O)CCC(C(=O)OCC(CCC(C)CC(C)(C)C)C(C)CC(C)(C)C)S(=O)(=O)O)C(C)CC(C)(C)C)CC(C)(C)C. The summed E-state index contributed by atoms with van der Waals surface area (Å²) in [6, 6.07) is 0. The number of carbonyl (C=O) groups excluding carboxylic acids is 2. The molecule has 0 saturated carbocycles. The monoisotopic (exact) mass is 717 g/mol. The summed E-state index contributed by atoms with van der Waals surface area (Å²) in [5.74, 6) is 0.280. The molecule has 0 heterocycles. The van der Waals surface area contributed by atoms with Crippen LogP contribution in [0.2, 0.25) is 0 Å². The number of hydrogen-bond acceptors (Lipinski definition) is 6. The Labute approximate surface area is 304 Å². The van der Waals surface area contributed by atoms with E-state index in [1.807, 2.05) is 0 Å². The summed E-state index contributed by atoms with van der Waals surface area (Å²) in [7, 11) is -4.78. The zero-order chi connectivity index (χ0) is 38.6. The molecular weight excluding hydrogens is 637 g/mol. The van der Waals surface area contributed by atoms with E-state index in [1.165, 1.54) is 0 Å². The molecule has 0 aliphatic carbocycles. The van der Waals surface area contributed by atoms with E-state index in [-0.39, 0.29) is 65.5 Å². The highest BCUT2D eigenvalue weighted by Gasteiger charge is 2.35. The van der Waals surface area contributed by atoms with Crippen LogP contribution in [0.5, 0.6) is 0 Å². The fraction of sp³-hybridized carbons (Fsp3) is 0.951. The number of esters is 2. The molecule has 0 aliphatic heterocycles. The van der Waals surface area contributed by atoms with E-state index < -0.39 is 27.3 Å². The number of carbonyl (C=O) groups is 2. The molecule has 7 atom stereocenters. The Balaban J connectivity index is 5.52. The topological polar surface area (TPSA) is 107 Å². The smallest absolute Gasteiger partial charge is 0.326 e. The first-order valence-corrected chi connectivity index (χ1v) is 20.7. The Bertz CT molecular complexity index is 1070. The first-order chi connectivity index (χ1) is 21.9. The van der Waals surface area contributed by atoms with Crippen molar-refractivity contribution in [1.82, 2.24) is 0 Å². The van der Waals surface area contributed by atoms with Gasteiger partial charge < -0.3 is 9.47 Å². The lowest BCUT2D eigenvalue weighted by Crippen LogP contribution is -2.34. The van der Waals surface area contributed by atoms with E-state index in [1.54, 1.807) is 0 Å². The van der Waals surface area contributed by atoms with Crippen LogP contribution in [0.25, 0.3) is 0 Å². The summed E-state index contributed by atoms with van der Waals surface area (Å²) in [4.78, 5) is 26.1. The summed E-state index contributed by atoms with van der Waals surface area (Å²) in [5, 5.41) is -1.83. The highest BCUT2D eigenvalue weighted by atomic mass is 32.2. The van der Waals surface area contributed by atoms with Crippen LogP contribution >= 0.6 is 0 Å². The third-order valence-electron chi connectivity index (χ3n) is 9.59. The van der Waals surface area contributed by atoms with Gasteiger partial charge in [0.05, 0.1) is 13.2 Å². The molecule has 49 heavy (non-hydrogen) atoms. The Morgan fingerprint density at radius 2 is 0.898 bits per heavy atom. The molecule has 7 nitrogen and oxygen atoms in total. The van der Waals surface area contributed by atoms with Crippen molar-refractivity contribution in [3.05, 3.63) is 0 Å². The average molecular weight is 717 g/mol. The van der Waals surface area contributed by atoms with Gasteiger partial charge in [0.1, 0.15) is 0 Å². The lowest BCUT2D eigenvalue weighted by molar-refractivity contribution is -0.147. The van der Waals surface area contributed by atoms with E-state index in [0.717, 1.165) is 51.4 Å². The fourth-order valence-electron chi connectivity index (χ4n) is 7.81. The van der Waals surface area contributed by atoms with Crippen LogP contribution in [-0.4, -0.2) is 43.4 Å². The van der Waals surface area contributed by atoms with Crippen molar-refractivity contribution in [2.45, 2.75) is 180 Å². The maximum atomic E-state index is 13.2. The van der Waals surface area contributed by atoms with E-state index in [4.69, 9.17) is 9.47 Å². The minimum atomic E-state index is -4.78. The van der Waals surface area contributed by atoms with Gasteiger partial charge in [0.15, 0.2) is 5.25 Å². The first-order valence-electron chi connectivity index (χ1n) is 19.2. The quantitative estimate of drug-likeness (QED) is 0.0930. The van der Waals surface area contributed by atoms with Gasteiger partial charge in [0.25, 0.3) is 10.1 Å². The molecule has 0 spiro atoms. The molecule has 1 N–H and O–H groups in total. The van der Waals surface area contributed by atoms with Gasteiger partial charge in [-0.15, -0.1) is 0 Å². The van der Waals surface area contributed by atoms with E-state index in [0.29, 0.717) is 17.8 Å². The van der Waals surface area contributed by atoms with Crippen molar-refractivity contribution in [1.29, 1.82) is 0 Å². The first kappa shape index (κ1) is 47.8. The van der Waals surface area contributed by atoms with Gasteiger partial charge in [-0.3, -0.25) is 14.1 Å². The molecule has 7 unspecified atom stereocenters. The zero-order valence-electron chi connectivity index (χ0n) is 34.8. The van der Waals surface area contributed by atoms with Crippen LogP contribution in [0.1, 0.15) is 175 Å². The van der Waals surface area contributed by atoms with E-state index in [2.05, 4.69) is 111 Å².